The van der Waals surface area contributed by atoms with E-state index in [1.54, 1.807) is 6.92 Å². The maximum atomic E-state index is 10.2. The molecule has 36 valence electrons. The average molecular weight is 88.1 g/mol. The van der Waals surface area contributed by atoms with Gasteiger partial charge in [-0.25, -0.2) is 0 Å². The highest BCUT2D eigenvalue weighted by Crippen LogP contribution is 1.68. The van der Waals surface area contributed by atoms with E-state index in [0.717, 1.165) is 5.31 Å². The van der Waals surface area contributed by atoms with E-state index in [2.05, 4.69) is 0 Å². The lowest BCUT2D eigenvalue weighted by Crippen LogP contribution is -2.15. The van der Waals surface area contributed by atoms with Gasteiger partial charge in [0, 0.05) is 13.5 Å². The smallest absolute Gasteiger partial charge is 0.219 e. The van der Waals surface area contributed by atoms with Gasteiger partial charge in [-0.3, -0.25) is 4.79 Å². The maximum Gasteiger partial charge on any atom is 0.219 e. The Hall–Kier alpha value is -0.530. The summed E-state index contributed by atoms with van der Waals surface area (Å²) in [5.41, 5.74) is 0. The van der Waals surface area contributed by atoms with E-state index >= 15 is 0 Å². The topological polar surface area (TPSA) is 29.1 Å². The van der Waals surface area contributed by atoms with Crippen LogP contribution in [0.4, 0.5) is 0 Å². The summed E-state index contributed by atoms with van der Waals surface area (Å²) < 4.78 is 6.67. The SMILES string of the molecule is [2H]N(C)C(=O)CC. The van der Waals surface area contributed by atoms with Crippen molar-refractivity contribution in [1.29, 1.82) is 0 Å². The summed E-state index contributed by atoms with van der Waals surface area (Å²) in [6.45, 7) is 1.73. The second-order valence-corrected chi connectivity index (χ2v) is 0.971. The lowest BCUT2D eigenvalue weighted by atomic mass is 10.5. The zero-order chi connectivity index (χ0) is 5.86. The Kier molecular flexibility index (Phi) is 1.64. The average Bonchev–Trinajstić information content (AvgIpc) is 1.65. The Morgan fingerprint density at radius 2 is 2.67 bits per heavy atom. The lowest BCUT2D eigenvalue weighted by Gasteiger charge is -1.87. The fourth-order valence-corrected chi connectivity index (χ4v) is 0.158. The van der Waals surface area contributed by atoms with E-state index in [0.29, 0.717) is 6.42 Å². The van der Waals surface area contributed by atoms with Crippen molar-refractivity contribution in [3.8, 4) is 0 Å². The Morgan fingerprint density at radius 1 is 2.17 bits per heavy atom. The molecule has 2 heteroatoms. The Labute approximate surface area is 39.0 Å². The van der Waals surface area contributed by atoms with Crippen LogP contribution in [-0.4, -0.2) is 13.0 Å². The highest BCUT2D eigenvalue weighted by molar-refractivity contribution is 5.74. The first-order valence-corrected chi connectivity index (χ1v) is 1.94. The zero-order valence-electron chi connectivity index (χ0n) is 5.06. The minimum Gasteiger partial charge on any atom is -0.359 e. The summed E-state index contributed by atoms with van der Waals surface area (Å²) in [4.78, 5) is 10.2. The Morgan fingerprint density at radius 3 is 2.67 bits per heavy atom. The van der Waals surface area contributed by atoms with Crippen LogP contribution in [0.5, 0.6) is 0 Å². The lowest BCUT2D eigenvalue weighted by molar-refractivity contribution is -0.120. The van der Waals surface area contributed by atoms with Gasteiger partial charge in [-0.2, -0.15) is 0 Å². The van der Waals surface area contributed by atoms with Crippen LogP contribution >= 0.6 is 0 Å². The van der Waals surface area contributed by atoms with Gasteiger partial charge in [0.15, 0.2) is 1.41 Å². The molecule has 0 radical (unpaired) electrons. The predicted molar refractivity (Wildman–Crippen MR) is 24.4 cm³/mol. The van der Waals surface area contributed by atoms with Gasteiger partial charge in [-0.05, 0) is 0 Å². The molecule has 6 heavy (non-hydrogen) atoms. The summed E-state index contributed by atoms with van der Waals surface area (Å²) in [7, 11) is 1.42. The molecule has 0 aliphatic carbocycles. The summed E-state index contributed by atoms with van der Waals surface area (Å²) >= 11 is 0. The molecule has 0 saturated heterocycles. The number of hydrogen-bond donors (Lipinski definition) is 1. The fourth-order valence-electron chi connectivity index (χ4n) is 0.158. The Bertz CT molecular complexity index is 72.1. The maximum absolute atomic E-state index is 10.2. The standard InChI is InChI=1S/C4H9NO/c1-3-4(6)5-2/h3H2,1-2H3,(H,5,6)/i/hD. The molecular formula is C4H9NO. The number of rotatable bonds is 1. The quantitative estimate of drug-likeness (QED) is 0.485. The van der Waals surface area contributed by atoms with Crippen molar-refractivity contribution in [1.82, 2.24) is 5.31 Å². The zero-order valence-corrected chi connectivity index (χ0v) is 4.06. The van der Waals surface area contributed by atoms with Gasteiger partial charge >= 0.3 is 0 Å². The summed E-state index contributed by atoms with van der Waals surface area (Å²) in [5.74, 6) is -0.153. The van der Waals surface area contributed by atoms with Crippen molar-refractivity contribution < 1.29 is 6.21 Å². The molecule has 0 saturated carbocycles. The molecule has 0 aromatic heterocycles. The fraction of sp³-hybridized carbons (Fsp3) is 0.750. The molecule has 0 aliphatic heterocycles. The van der Waals surface area contributed by atoms with Gasteiger partial charge in [-0.15, -0.1) is 0 Å². The van der Waals surface area contributed by atoms with Crippen molar-refractivity contribution in [2.75, 3.05) is 7.05 Å². The number of carbonyl (C=O) groups excluding carboxylic acids is 1. The van der Waals surface area contributed by atoms with Crippen LogP contribution < -0.4 is 5.31 Å². The monoisotopic (exact) mass is 88.1 g/mol. The van der Waals surface area contributed by atoms with E-state index < -0.39 is 0 Å². The van der Waals surface area contributed by atoms with E-state index in [1.165, 1.54) is 7.05 Å². The molecule has 0 heterocycles. The van der Waals surface area contributed by atoms with Crippen molar-refractivity contribution in [2.45, 2.75) is 13.3 Å². The van der Waals surface area contributed by atoms with Gasteiger partial charge in [0.2, 0.25) is 5.91 Å². The molecule has 0 fully saturated rings. The van der Waals surface area contributed by atoms with Crippen LogP contribution in [-0.2, 0) is 4.79 Å². The van der Waals surface area contributed by atoms with Gasteiger partial charge in [0.05, 0.1) is 0 Å². The molecule has 0 atom stereocenters. The first kappa shape index (κ1) is 3.65. The van der Waals surface area contributed by atoms with E-state index in [9.17, 15) is 4.79 Å². The third-order valence-electron chi connectivity index (χ3n) is 0.552. The normalized spacial score (nSPS) is 10.0. The van der Waals surface area contributed by atoms with Crippen LogP contribution in [0.25, 0.3) is 0 Å². The van der Waals surface area contributed by atoms with Crippen LogP contribution in [0.2, 0.25) is 1.41 Å². The van der Waals surface area contributed by atoms with Crippen molar-refractivity contribution in [2.24, 2.45) is 0 Å². The van der Waals surface area contributed by atoms with Gasteiger partial charge in [0.1, 0.15) is 0 Å². The van der Waals surface area contributed by atoms with Crippen LogP contribution in [0.3, 0.4) is 0 Å². The third-order valence-corrected chi connectivity index (χ3v) is 0.552. The molecule has 1 amide bonds. The van der Waals surface area contributed by atoms with E-state index in [4.69, 9.17) is 1.41 Å². The first-order chi connectivity index (χ1) is 3.18. The number of amides is 1. The summed E-state index contributed by atoms with van der Waals surface area (Å²) in [5, 5.41) is 0.833. The molecule has 0 aromatic rings. The molecule has 2 nitrogen and oxygen atoms in total. The highest BCUT2D eigenvalue weighted by atomic mass is 16.1. The molecule has 0 unspecified atom stereocenters. The Balaban J connectivity index is 3.35. The predicted octanol–water partition coefficient (Wildman–Crippen LogP) is 0.142. The van der Waals surface area contributed by atoms with Crippen molar-refractivity contribution in [3.63, 3.8) is 0 Å². The van der Waals surface area contributed by atoms with E-state index in [1.807, 2.05) is 0 Å². The molecular weight excluding hydrogens is 78.0 g/mol. The molecule has 0 bridgehead atoms. The molecule has 0 rings (SSSR count). The van der Waals surface area contributed by atoms with Crippen LogP contribution in [0.15, 0.2) is 0 Å². The minimum absolute atomic E-state index is 0.153. The second-order valence-electron chi connectivity index (χ2n) is 0.971. The largest absolute Gasteiger partial charge is 0.359 e. The summed E-state index contributed by atoms with van der Waals surface area (Å²) in [6, 6.07) is 0. The third kappa shape index (κ3) is 1.76. The van der Waals surface area contributed by atoms with Gasteiger partial charge in [-0.1, -0.05) is 6.92 Å². The van der Waals surface area contributed by atoms with Crippen LogP contribution in [0, 0.1) is 0 Å². The molecule has 0 aliphatic rings. The van der Waals surface area contributed by atoms with E-state index in [-0.39, 0.29) is 5.91 Å². The molecule has 0 aromatic carbocycles. The molecule has 1 N–H and O–H groups in total. The molecule has 0 spiro atoms. The number of hydrogen-bond acceptors (Lipinski definition) is 1. The minimum atomic E-state index is -0.153. The van der Waals surface area contributed by atoms with Gasteiger partial charge in [0.25, 0.3) is 0 Å². The number of nitrogens with one attached hydrogen (secondary N) is 1. The number of carbonyl (C=O) groups is 1. The highest BCUT2D eigenvalue weighted by Gasteiger charge is 1.84. The van der Waals surface area contributed by atoms with Gasteiger partial charge < -0.3 is 5.31 Å². The van der Waals surface area contributed by atoms with Crippen molar-refractivity contribution >= 4 is 5.91 Å². The van der Waals surface area contributed by atoms with Crippen LogP contribution in [0.1, 0.15) is 13.3 Å². The first-order valence-electron chi connectivity index (χ1n) is 2.38. The second kappa shape index (κ2) is 2.69. The van der Waals surface area contributed by atoms with Crippen molar-refractivity contribution in [3.05, 3.63) is 0 Å². The summed E-state index contributed by atoms with van der Waals surface area (Å²) in [6.07, 6.45) is 0.417.